The molecule has 1 rings (SSSR count). The zero-order valence-electron chi connectivity index (χ0n) is 2.68. The number of aromatic nitrogens is 2. The van der Waals surface area contributed by atoms with E-state index in [-0.39, 0.29) is 14.9 Å². The van der Waals surface area contributed by atoms with Crippen molar-refractivity contribution in [3.05, 3.63) is 18.5 Å². The highest BCUT2D eigenvalue weighted by molar-refractivity contribution is 4.72. The van der Waals surface area contributed by atoms with E-state index in [4.69, 9.17) is 0 Å². The van der Waals surface area contributed by atoms with E-state index in [0.717, 1.165) is 0 Å². The molecule has 0 atom stereocenters. The van der Waals surface area contributed by atoms with Crippen molar-refractivity contribution in [1.29, 1.82) is 0 Å². The fourth-order valence-corrected chi connectivity index (χ4v) is 0.215. The standard InChI is InChI=1S/C3H4N2.2CH4/c1-2-4-5-3-1;;/h1-3H,(H,4,5);2*1H4. The van der Waals surface area contributed by atoms with Crippen molar-refractivity contribution in [2.24, 2.45) is 0 Å². The predicted octanol–water partition coefficient (Wildman–Crippen LogP) is 1.68. The first-order chi connectivity index (χ1) is 2.50. The Labute approximate surface area is 44.6 Å². The summed E-state index contributed by atoms with van der Waals surface area (Å²) in [5.74, 6) is 0. The molecule has 0 spiro atoms. The maximum atomic E-state index is 3.60. The van der Waals surface area contributed by atoms with Gasteiger partial charge in [0.05, 0.1) is 0 Å². The second kappa shape index (κ2) is 5.21. The third kappa shape index (κ3) is 3.03. The van der Waals surface area contributed by atoms with Gasteiger partial charge in [-0.15, -0.1) is 0 Å². The lowest BCUT2D eigenvalue weighted by atomic mass is 10.8. The fourth-order valence-electron chi connectivity index (χ4n) is 0.215. The summed E-state index contributed by atoms with van der Waals surface area (Å²) in [6.07, 6.45) is 3.46. The van der Waals surface area contributed by atoms with Gasteiger partial charge in [-0.3, -0.25) is 5.10 Å². The average molecular weight is 100 g/mol. The molecule has 0 fully saturated rings. The van der Waals surface area contributed by atoms with Crippen molar-refractivity contribution in [2.75, 3.05) is 0 Å². The minimum atomic E-state index is 0. The highest BCUT2D eigenvalue weighted by Gasteiger charge is 1.56. The molecule has 0 aromatic carbocycles. The van der Waals surface area contributed by atoms with E-state index in [2.05, 4.69) is 10.2 Å². The van der Waals surface area contributed by atoms with Crippen molar-refractivity contribution in [1.82, 2.24) is 10.2 Å². The highest BCUT2D eigenvalue weighted by atomic mass is 15.1. The SMILES string of the molecule is C.C.c1cn[nH]c1. The predicted molar refractivity (Wildman–Crippen MR) is 32.0 cm³/mol. The van der Waals surface area contributed by atoms with Gasteiger partial charge in [-0.1, -0.05) is 14.9 Å². The Morgan fingerprint density at radius 2 is 2.00 bits per heavy atom. The first-order valence-electron chi connectivity index (χ1n) is 1.44. The maximum Gasteiger partial charge on any atom is 0.0487 e. The first kappa shape index (κ1) is 9.51. The summed E-state index contributed by atoms with van der Waals surface area (Å²) in [6, 6.07) is 1.83. The molecule has 0 unspecified atom stereocenters. The fraction of sp³-hybridized carbons (Fsp3) is 0.400. The number of nitrogens with one attached hydrogen (secondary N) is 1. The molecule has 7 heavy (non-hydrogen) atoms. The topological polar surface area (TPSA) is 28.7 Å². The second-order valence-corrected chi connectivity index (χ2v) is 0.766. The van der Waals surface area contributed by atoms with Gasteiger partial charge in [-0.25, -0.2) is 0 Å². The Bertz CT molecular complexity index is 62.6. The molecule has 0 aliphatic rings. The molecular weight excluding hydrogens is 88.1 g/mol. The van der Waals surface area contributed by atoms with E-state index < -0.39 is 0 Å². The highest BCUT2D eigenvalue weighted by Crippen LogP contribution is 1.64. The normalized spacial score (nSPS) is 5.71. The summed E-state index contributed by atoms with van der Waals surface area (Å²) in [6.45, 7) is 0. The van der Waals surface area contributed by atoms with Crippen LogP contribution in [0, 0.1) is 0 Å². The van der Waals surface area contributed by atoms with Crippen molar-refractivity contribution in [3.8, 4) is 0 Å². The Morgan fingerprint density at radius 3 is 2.14 bits per heavy atom. The van der Waals surface area contributed by atoms with Gasteiger partial charge >= 0.3 is 0 Å². The summed E-state index contributed by atoms with van der Waals surface area (Å²) >= 11 is 0. The molecule has 1 aromatic heterocycles. The third-order valence-electron chi connectivity index (χ3n) is 0.406. The molecule has 2 heteroatoms. The van der Waals surface area contributed by atoms with Gasteiger partial charge in [0.25, 0.3) is 0 Å². The van der Waals surface area contributed by atoms with Crippen LogP contribution in [0.15, 0.2) is 18.5 Å². The van der Waals surface area contributed by atoms with Crippen LogP contribution in [0.2, 0.25) is 0 Å². The lowest BCUT2D eigenvalue weighted by molar-refractivity contribution is 1.09. The first-order valence-corrected chi connectivity index (χ1v) is 1.44. The van der Waals surface area contributed by atoms with Gasteiger partial charge in [-0.05, 0) is 6.07 Å². The summed E-state index contributed by atoms with van der Waals surface area (Å²) in [4.78, 5) is 0. The van der Waals surface area contributed by atoms with Crippen LogP contribution in [0.3, 0.4) is 0 Å². The van der Waals surface area contributed by atoms with Crippen molar-refractivity contribution < 1.29 is 0 Å². The average Bonchev–Trinajstić information content (AvgIpc) is 1.76. The Morgan fingerprint density at radius 1 is 1.29 bits per heavy atom. The third-order valence-corrected chi connectivity index (χ3v) is 0.406. The zero-order valence-corrected chi connectivity index (χ0v) is 2.68. The molecule has 0 amide bonds. The molecule has 1 aromatic rings. The van der Waals surface area contributed by atoms with E-state index in [1.54, 1.807) is 12.4 Å². The van der Waals surface area contributed by atoms with Crippen molar-refractivity contribution >= 4 is 0 Å². The smallest absolute Gasteiger partial charge is 0.0487 e. The Hall–Kier alpha value is -0.790. The van der Waals surface area contributed by atoms with Crippen LogP contribution in [-0.4, -0.2) is 10.2 Å². The molecule has 0 bridgehead atoms. The molecule has 0 aliphatic carbocycles. The summed E-state index contributed by atoms with van der Waals surface area (Å²) in [5, 5.41) is 6.21. The van der Waals surface area contributed by atoms with Crippen LogP contribution in [0.5, 0.6) is 0 Å². The van der Waals surface area contributed by atoms with Crippen LogP contribution in [-0.2, 0) is 0 Å². The summed E-state index contributed by atoms with van der Waals surface area (Å²) < 4.78 is 0. The molecule has 1 N–H and O–H groups in total. The van der Waals surface area contributed by atoms with Gasteiger partial charge < -0.3 is 0 Å². The Balaban J connectivity index is 0. The van der Waals surface area contributed by atoms with Crippen LogP contribution in [0.1, 0.15) is 14.9 Å². The molecule has 2 nitrogen and oxygen atoms in total. The van der Waals surface area contributed by atoms with Crippen LogP contribution in [0.25, 0.3) is 0 Å². The molecular formula is C5H12N2. The van der Waals surface area contributed by atoms with E-state index in [9.17, 15) is 0 Å². The van der Waals surface area contributed by atoms with Crippen LogP contribution < -0.4 is 0 Å². The number of rotatable bonds is 0. The van der Waals surface area contributed by atoms with E-state index >= 15 is 0 Å². The van der Waals surface area contributed by atoms with Gasteiger partial charge in [0, 0.05) is 12.4 Å². The minimum Gasteiger partial charge on any atom is -0.286 e. The molecule has 0 aliphatic heterocycles. The van der Waals surface area contributed by atoms with Gasteiger partial charge in [0.1, 0.15) is 0 Å². The monoisotopic (exact) mass is 100 g/mol. The summed E-state index contributed by atoms with van der Waals surface area (Å²) in [5.41, 5.74) is 0. The lowest BCUT2D eigenvalue weighted by Crippen LogP contribution is -1.53. The van der Waals surface area contributed by atoms with Gasteiger partial charge in [0.2, 0.25) is 0 Å². The molecule has 0 radical (unpaired) electrons. The number of hydrogen-bond donors (Lipinski definition) is 1. The van der Waals surface area contributed by atoms with E-state index in [0.29, 0.717) is 0 Å². The number of hydrogen-bond acceptors (Lipinski definition) is 1. The largest absolute Gasteiger partial charge is 0.286 e. The quantitative estimate of drug-likeness (QED) is 0.528. The number of aromatic amines is 1. The van der Waals surface area contributed by atoms with E-state index in [1.165, 1.54) is 0 Å². The Kier molecular flexibility index (Phi) is 7.08. The van der Waals surface area contributed by atoms with E-state index in [1.807, 2.05) is 6.07 Å². The molecule has 1 heterocycles. The van der Waals surface area contributed by atoms with Gasteiger partial charge in [-0.2, -0.15) is 5.10 Å². The van der Waals surface area contributed by atoms with Gasteiger partial charge in [0.15, 0.2) is 0 Å². The number of nitrogens with zero attached hydrogens (tertiary/aromatic N) is 1. The maximum absolute atomic E-state index is 3.60. The molecule has 42 valence electrons. The zero-order chi connectivity index (χ0) is 3.54. The van der Waals surface area contributed by atoms with Crippen molar-refractivity contribution in [2.45, 2.75) is 14.9 Å². The summed E-state index contributed by atoms with van der Waals surface area (Å²) in [7, 11) is 0. The minimum absolute atomic E-state index is 0. The molecule has 0 saturated carbocycles. The van der Waals surface area contributed by atoms with Crippen molar-refractivity contribution in [3.63, 3.8) is 0 Å². The van der Waals surface area contributed by atoms with Crippen LogP contribution >= 0.6 is 0 Å². The lowest BCUT2D eigenvalue weighted by Gasteiger charge is -1.49. The molecule has 0 saturated heterocycles. The second-order valence-electron chi connectivity index (χ2n) is 0.766. The van der Waals surface area contributed by atoms with Crippen LogP contribution in [0.4, 0.5) is 0 Å². The number of H-pyrrole nitrogens is 1.